The molecule has 2 aliphatic heterocycles. The molecule has 0 amide bonds. The zero-order valence-electron chi connectivity index (χ0n) is 20.3. The zero-order valence-corrected chi connectivity index (χ0v) is 20.3. The molecule has 0 spiro atoms. The van der Waals surface area contributed by atoms with E-state index in [0.29, 0.717) is 34.5 Å². The lowest BCUT2D eigenvalue weighted by Crippen LogP contribution is -2.46. The SMILES string of the molecule is COc1cc(-c2ccc3c(c2F)COc2nc(N4CC[C@@H](N(C)C(C)(C)C)C4)ccc2-3)cnn1. The van der Waals surface area contributed by atoms with Crippen LogP contribution >= 0.6 is 0 Å². The van der Waals surface area contributed by atoms with Gasteiger partial charge in [0.2, 0.25) is 11.8 Å². The average molecular weight is 464 g/mol. The number of fused-ring (bicyclic) bond motifs is 3. The van der Waals surface area contributed by atoms with Gasteiger partial charge in [-0.25, -0.2) is 4.39 Å². The van der Waals surface area contributed by atoms with Gasteiger partial charge < -0.3 is 14.4 Å². The minimum atomic E-state index is -0.324. The first-order chi connectivity index (χ1) is 16.3. The van der Waals surface area contributed by atoms with E-state index in [9.17, 15) is 0 Å². The molecule has 1 atom stereocenters. The Balaban J connectivity index is 1.42. The molecule has 2 aromatic heterocycles. The molecule has 4 heterocycles. The molecule has 5 rings (SSSR count). The lowest BCUT2D eigenvalue weighted by atomic mass is 9.94. The molecule has 1 fully saturated rings. The summed E-state index contributed by atoms with van der Waals surface area (Å²) in [6.07, 6.45) is 2.62. The van der Waals surface area contributed by atoms with Crippen molar-refractivity contribution in [2.75, 3.05) is 32.1 Å². The van der Waals surface area contributed by atoms with E-state index in [0.717, 1.165) is 36.5 Å². The van der Waals surface area contributed by atoms with Crippen LogP contribution in [0.3, 0.4) is 0 Å². The van der Waals surface area contributed by atoms with Crippen LogP contribution in [0.15, 0.2) is 36.5 Å². The van der Waals surface area contributed by atoms with Crippen molar-refractivity contribution in [3.8, 4) is 34.0 Å². The van der Waals surface area contributed by atoms with Crippen molar-refractivity contribution in [2.24, 2.45) is 0 Å². The van der Waals surface area contributed by atoms with Crippen LogP contribution in [0.4, 0.5) is 10.2 Å². The van der Waals surface area contributed by atoms with E-state index in [4.69, 9.17) is 14.5 Å². The molecule has 0 bridgehead atoms. The first-order valence-corrected chi connectivity index (χ1v) is 11.6. The number of methoxy groups -OCH3 is 1. The smallest absolute Gasteiger partial charge is 0.233 e. The molecule has 0 N–H and O–H groups in total. The third-order valence-electron chi connectivity index (χ3n) is 6.98. The van der Waals surface area contributed by atoms with Gasteiger partial charge in [-0.3, -0.25) is 4.90 Å². The zero-order chi connectivity index (χ0) is 24.0. The quantitative estimate of drug-likeness (QED) is 0.562. The van der Waals surface area contributed by atoms with Crippen molar-refractivity contribution >= 4 is 5.82 Å². The molecule has 0 aliphatic carbocycles. The second-order valence-electron chi connectivity index (χ2n) is 9.92. The van der Waals surface area contributed by atoms with Crippen molar-refractivity contribution in [1.29, 1.82) is 0 Å². The highest BCUT2D eigenvalue weighted by atomic mass is 19.1. The lowest BCUT2D eigenvalue weighted by Gasteiger charge is -2.37. The van der Waals surface area contributed by atoms with Gasteiger partial charge in [-0.15, -0.1) is 5.10 Å². The van der Waals surface area contributed by atoms with Gasteiger partial charge >= 0.3 is 0 Å². The molecule has 0 unspecified atom stereocenters. The van der Waals surface area contributed by atoms with Crippen LogP contribution in [0, 0.1) is 5.82 Å². The number of likely N-dealkylation sites (N-methyl/N-ethyl adjacent to an activating group) is 1. The largest absolute Gasteiger partial charge is 0.480 e. The van der Waals surface area contributed by atoms with Crippen LogP contribution in [0.25, 0.3) is 22.3 Å². The number of pyridine rings is 1. The Bertz CT molecular complexity index is 1230. The summed E-state index contributed by atoms with van der Waals surface area (Å²) in [5, 5.41) is 7.77. The Hall–Kier alpha value is -3.26. The predicted octanol–water partition coefficient (Wildman–Crippen LogP) is 4.55. The summed E-state index contributed by atoms with van der Waals surface area (Å²) in [5.74, 6) is 1.47. The highest BCUT2D eigenvalue weighted by molar-refractivity contribution is 5.78. The van der Waals surface area contributed by atoms with Crippen LogP contribution in [0.2, 0.25) is 0 Å². The fourth-order valence-electron chi connectivity index (χ4n) is 4.71. The lowest BCUT2D eigenvalue weighted by molar-refractivity contribution is 0.127. The molecule has 3 aromatic rings. The van der Waals surface area contributed by atoms with E-state index in [1.807, 2.05) is 18.2 Å². The second-order valence-corrected chi connectivity index (χ2v) is 9.92. The van der Waals surface area contributed by atoms with Gasteiger partial charge in [-0.2, -0.15) is 10.1 Å². The summed E-state index contributed by atoms with van der Waals surface area (Å²) < 4.78 is 26.6. The van der Waals surface area contributed by atoms with E-state index < -0.39 is 0 Å². The van der Waals surface area contributed by atoms with Crippen molar-refractivity contribution in [2.45, 2.75) is 45.4 Å². The maximum Gasteiger partial charge on any atom is 0.233 e. The van der Waals surface area contributed by atoms with E-state index in [-0.39, 0.29) is 18.0 Å². The number of benzene rings is 1. The van der Waals surface area contributed by atoms with Crippen molar-refractivity contribution in [1.82, 2.24) is 20.1 Å². The van der Waals surface area contributed by atoms with Crippen LogP contribution in [-0.2, 0) is 6.61 Å². The Labute approximate surface area is 199 Å². The first kappa shape index (κ1) is 22.5. The number of hydrogen-bond acceptors (Lipinski definition) is 7. The summed E-state index contributed by atoms with van der Waals surface area (Å²) in [4.78, 5) is 9.55. The standard InChI is InChI=1S/C26H30FN5O2/c1-26(2,3)31(4)17-10-11-32(14-17)22-9-8-20-19-7-6-18(16-12-23(33-5)30-28-13-16)24(27)21(19)15-34-25(20)29-22/h6-9,12-13,17H,10-11,14-15H2,1-5H3/t17-/m1/s1. The fourth-order valence-corrected chi connectivity index (χ4v) is 4.71. The number of halogens is 1. The summed E-state index contributed by atoms with van der Waals surface area (Å²) in [6.45, 7) is 8.73. The Kier molecular flexibility index (Phi) is 5.64. The summed E-state index contributed by atoms with van der Waals surface area (Å²) in [5.41, 5.74) is 3.30. The highest BCUT2D eigenvalue weighted by Crippen LogP contribution is 2.41. The van der Waals surface area contributed by atoms with Crippen LogP contribution in [-0.4, -0.2) is 58.9 Å². The van der Waals surface area contributed by atoms with Gasteiger partial charge in [0.1, 0.15) is 18.2 Å². The van der Waals surface area contributed by atoms with Gasteiger partial charge in [0.15, 0.2) is 0 Å². The molecule has 7 nitrogen and oxygen atoms in total. The monoisotopic (exact) mass is 463 g/mol. The second kappa shape index (κ2) is 8.51. The molecule has 1 saturated heterocycles. The maximum absolute atomic E-state index is 15.5. The predicted molar refractivity (Wildman–Crippen MR) is 130 cm³/mol. The fraction of sp³-hybridized carbons (Fsp3) is 0.423. The third-order valence-corrected chi connectivity index (χ3v) is 6.98. The Morgan fingerprint density at radius 1 is 1.15 bits per heavy atom. The minimum absolute atomic E-state index is 0.122. The van der Waals surface area contributed by atoms with E-state index in [2.05, 4.69) is 47.8 Å². The van der Waals surface area contributed by atoms with Gasteiger partial charge in [0, 0.05) is 53.0 Å². The number of nitrogens with zero attached hydrogens (tertiary/aromatic N) is 5. The maximum atomic E-state index is 15.5. The minimum Gasteiger partial charge on any atom is -0.480 e. The molecular formula is C26H30FN5O2. The van der Waals surface area contributed by atoms with Crippen LogP contribution in [0.1, 0.15) is 32.8 Å². The summed E-state index contributed by atoms with van der Waals surface area (Å²) in [6, 6.07) is 9.85. The van der Waals surface area contributed by atoms with Crippen molar-refractivity contribution in [3.05, 3.63) is 47.9 Å². The van der Waals surface area contributed by atoms with Gasteiger partial charge in [-0.05, 0) is 51.9 Å². The van der Waals surface area contributed by atoms with Gasteiger partial charge in [0.05, 0.1) is 13.3 Å². The normalized spacial score (nSPS) is 17.4. The topological polar surface area (TPSA) is 63.6 Å². The number of hydrogen-bond donors (Lipinski definition) is 0. The molecule has 2 aliphatic rings. The number of rotatable bonds is 4. The highest BCUT2D eigenvalue weighted by Gasteiger charge is 2.32. The van der Waals surface area contributed by atoms with Crippen LogP contribution < -0.4 is 14.4 Å². The van der Waals surface area contributed by atoms with E-state index in [1.54, 1.807) is 12.1 Å². The number of aromatic nitrogens is 3. The molecule has 0 radical (unpaired) electrons. The molecule has 0 saturated carbocycles. The number of ether oxygens (including phenoxy) is 2. The van der Waals surface area contributed by atoms with Gasteiger partial charge in [0.25, 0.3) is 0 Å². The van der Waals surface area contributed by atoms with Gasteiger partial charge in [-0.1, -0.05) is 12.1 Å². The molecule has 8 heteroatoms. The third kappa shape index (κ3) is 3.96. The van der Waals surface area contributed by atoms with E-state index >= 15 is 4.39 Å². The Morgan fingerprint density at radius 2 is 1.91 bits per heavy atom. The number of anilines is 1. The van der Waals surface area contributed by atoms with E-state index in [1.165, 1.54) is 13.3 Å². The molecule has 1 aromatic carbocycles. The van der Waals surface area contributed by atoms with Crippen molar-refractivity contribution < 1.29 is 13.9 Å². The Morgan fingerprint density at radius 3 is 2.68 bits per heavy atom. The molecule has 178 valence electrons. The average Bonchev–Trinajstić information content (AvgIpc) is 3.33. The first-order valence-electron chi connectivity index (χ1n) is 11.6. The summed E-state index contributed by atoms with van der Waals surface area (Å²) >= 11 is 0. The molecular weight excluding hydrogens is 433 g/mol. The molecule has 34 heavy (non-hydrogen) atoms. The van der Waals surface area contributed by atoms with Crippen LogP contribution in [0.5, 0.6) is 11.8 Å². The summed E-state index contributed by atoms with van der Waals surface area (Å²) in [7, 11) is 3.70. The van der Waals surface area contributed by atoms with Crippen molar-refractivity contribution in [3.63, 3.8) is 0 Å².